The molecule has 9 nitrogen and oxygen atoms in total. The maximum Gasteiger partial charge on any atom is 0.303 e. The summed E-state index contributed by atoms with van der Waals surface area (Å²) in [6.45, 7) is 2.78. The van der Waals surface area contributed by atoms with Crippen LogP contribution in [0.5, 0.6) is 11.5 Å². The Morgan fingerprint density at radius 3 is 2.38 bits per heavy atom. The van der Waals surface area contributed by atoms with Crippen molar-refractivity contribution in [2.24, 2.45) is 5.73 Å². The molecule has 0 radical (unpaired) electrons. The fraction of sp³-hybridized carbons (Fsp3) is 0.348. The Kier molecular flexibility index (Phi) is 5.72. The molecule has 4 N–H and O–H groups in total. The van der Waals surface area contributed by atoms with Crippen LogP contribution in [0.25, 0.3) is 0 Å². The molecule has 1 fully saturated rings. The van der Waals surface area contributed by atoms with Crippen molar-refractivity contribution < 1.29 is 38.8 Å². The summed E-state index contributed by atoms with van der Waals surface area (Å²) >= 11 is 0. The van der Waals surface area contributed by atoms with Gasteiger partial charge in [0.15, 0.2) is 17.9 Å². The number of aromatic hydroxyl groups is 2. The van der Waals surface area contributed by atoms with Crippen LogP contribution in [-0.4, -0.2) is 52.3 Å². The van der Waals surface area contributed by atoms with Gasteiger partial charge in [-0.05, 0) is 13.0 Å². The highest BCUT2D eigenvalue weighted by Crippen LogP contribution is 2.40. The summed E-state index contributed by atoms with van der Waals surface area (Å²) in [7, 11) is 0. The summed E-state index contributed by atoms with van der Waals surface area (Å²) in [5.74, 6) is -2.41. The number of benzene rings is 2. The molecule has 2 aliphatic rings. The number of hydrogen-bond donors (Lipinski definition) is 3. The molecule has 9 heteroatoms. The molecule has 0 bridgehead atoms. The smallest absolute Gasteiger partial charge is 0.303 e. The molecule has 1 saturated heterocycles. The van der Waals surface area contributed by atoms with E-state index in [1.54, 1.807) is 19.1 Å². The molecule has 32 heavy (non-hydrogen) atoms. The molecule has 1 heterocycles. The van der Waals surface area contributed by atoms with Gasteiger partial charge in [0, 0.05) is 36.1 Å². The van der Waals surface area contributed by atoms with Crippen molar-refractivity contribution in [2.45, 2.75) is 51.4 Å². The van der Waals surface area contributed by atoms with E-state index in [-0.39, 0.29) is 40.8 Å². The lowest BCUT2D eigenvalue weighted by Gasteiger charge is -2.38. The zero-order valence-electron chi connectivity index (χ0n) is 17.5. The van der Waals surface area contributed by atoms with E-state index >= 15 is 0 Å². The van der Waals surface area contributed by atoms with Crippen LogP contribution in [0.15, 0.2) is 30.3 Å². The molecule has 4 atom stereocenters. The lowest BCUT2D eigenvalue weighted by molar-refractivity contribution is -0.233. The summed E-state index contributed by atoms with van der Waals surface area (Å²) in [4.78, 5) is 37.0. The van der Waals surface area contributed by atoms with Gasteiger partial charge < -0.3 is 30.2 Å². The van der Waals surface area contributed by atoms with Gasteiger partial charge in [-0.25, -0.2) is 0 Å². The van der Waals surface area contributed by atoms with E-state index in [0.717, 1.165) is 0 Å². The largest absolute Gasteiger partial charge is 0.507 e. The molecule has 1 aliphatic heterocycles. The fourth-order valence-corrected chi connectivity index (χ4v) is 4.16. The SMILES string of the molecule is CC(=O)O[C@@H]1[C@H](N)C[C@H](OCc2cc(O)c3c(c2O)C(=O)c2ccccc2C3=O)O[C@H]1C. The first-order chi connectivity index (χ1) is 15.2. The number of ketones is 2. The number of phenols is 2. The number of fused-ring (bicyclic) bond motifs is 2. The van der Waals surface area contributed by atoms with Crippen LogP contribution in [0.4, 0.5) is 0 Å². The molecule has 2 aromatic rings. The summed E-state index contributed by atoms with van der Waals surface area (Å²) in [5, 5.41) is 21.2. The number of rotatable bonds is 4. The summed E-state index contributed by atoms with van der Waals surface area (Å²) in [6, 6.07) is 6.91. The minimum atomic E-state index is -0.762. The Labute approximate surface area is 183 Å². The van der Waals surface area contributed by atoms with E-state index in [2.05, 4.69) is 0 Å². The molecular weight excluding hydrogens is 418 g/mol. The number of phenolic OH excluding ortho intramolecular Hbond substituents is 2. The first-order valence-corrected chi connectivity index (χ1v) is 10.1. The van der Waals surface area contributed by atoms with Crippen molar-refractivity contribution in [1.29, 1.82) is 0 Å². The standard InChI is InChI=1S/C23H23NO8/c1-10-23(32-11(2)25)15(24)8-17(31-10)30-9-12-7-16(26)18-19(20(12)27)22(29)14-6-4-3-5-13(14)21(18)28/h3-7,10,15,17,23,26-27H,8-9,24H2,1-2H3/t10-,15+,17+,23-/m0/s1. The van der Waals surface area contributed by atoms with Gasteiger partial charge in [0.05, 0.1) is 23.8 Å². The van der Waals surface area contributed by atoms with Crippen LogP contribution < -0.4 is 5.73 Å². The predicted molar refractivity (Wildman–Crippen MR) is 110 cm³/mol. The minimum absolute atomic E-state index is 0.119. The van der Waals surface area contributed by atoms with E-state index < -0.39 is 53.6 Å². The Hall–Kier alpha value is -3.27. The zero-order chi connectivity index (χ0) is 23.2. The molecule has 0 aromatic heterocycles. The quantitative estimate of drug-likeness (QED) is 0.407. The summed E-state index contributed by atoms with van der Waals surface area (Å²) < 4.78 is 16.6. The minimum Gasteiger partial charge on any atom is -0.507 e. The topological polar surface area (TPSA) is 145 Å². The van der Waals surface area contributed by atoms with Gasteiger partial charge in [-0.15, -0.1) is 0 Å². The monoisotopic (exact) mass is 441 g/mol. The molecule has 2 aromatic carbocycles. The fourth-order valence-electron chi connectivity index (χ4n) is 4.16. The number of nitrogens with two attached hydrogens (primary N) is 1. The maximum atomic E-state index is 12.9. The Bertz CT molecular complexity index is 1100. The van der Waals surface area contributed by atoms with E-state index in [9.17, 15) is 24.6 Å². The van der Waals surface area contributed by atoms with Crippen LogP contribution in [0.3, 0.4) is 0 Å². The second kappa shape index (κ2) is 8.34. The normalized spacial score (nSPS) is 24.6. The third-order valence-corrected chi connectivity index (χ3v) is 5.67. The van der Waals surface area contributed by atoms with Gasteiger partial charge >= 0.3 is 5.97 Å². The molecular formula is C23H23NO8. The van der Waals surface area contributed by atoms with Crippen LogP contribution >= 0.6 is 0 Å². The Balaban J connectivity index is 1.56. The number of hydrogen-bond acceptors (Lipinski definition) is 9. The second-order valence-corrected chi connectivity index (χ2v) is 7.91. The number of carbonyl (C=O) groups excluding carboxylic acids is 3. The summed E-state index contributed by atoms with van der Waals surface area (Å²) in [5.41, 5.74) is 6.05. The van der Waals surface area contributed by atoms with Crippen molar-refractivity contribution in [2.75, 3.05) is 0 Å². The van der Waals surface area contributed by atoms with E-state index in [1.165, 1.54) is 25.1 Å². The number of esters is 1. The number of carbonyl (C=O) groups is 3. The molecule has 0 saturated carbocycles. The van der Waals surface area contributed by atoms with Crippen LogP contribution in [0.2, 0.25) is 0 Å². The molecule has 1 aliphatic carbocycles. The van der Waals surface area contributed by atoms with Crippen LogP contribution in [0, 0.1) is 0 Å². The Morgan fingerprint density at radius 2 is 1.78 bits per heavy atom. The van der Waals surface area contributed by atoms with Gasteiger partial charge in [-0.1, -0.05) is 24.3 Å². The maximum absolute atomic E-state index is 12.9. The van der Waals surface area contributed by atoms with Gasteiger partial charge in [-0.3, -0.25) is 14.4 Å². The highest BCUT2D eigenvalue weighted by Gasteiger charge is 2.38. The predicted octanol–water partition coefficient (Wildman–Crippen LogP) is 1.78. The van der Waals surface area contributed by atoms with Crippen LogP contribution in [0.1, 0.15) is 57.7 Å². The van der Waals surface area contributed by atoms with Crippen molar-refractivity contribution in [3.63, 3.8) is 0 Å². The molecule has 0 spiro atoms. The first-order valence-electron chi connectivity index (χ1n) is 10.1. The Morgan fingerprint density at radius 1 is 1.16 bits per heavy atom. The molecule has 4 rings (SSSR count). The highest BCUT2D eigenvalue weighted by atomic mass is 16.7. The number of ether oxygens (including phenoxy) is 3. The van der Waals surface area contributed by atoms with E-state index in [1.807, 2.05) is 0 Å². The second-order valence-electron chi connectivity index (χ2n) is 7.91. The summed E-state index contributed by atoms with van der Waals surface area (Å²) in [6.07, 6.45) is -1.67. The van der Waals surface area contributed by atoms with Gasteiger partial charge in [0.1, 0.15) is 17.6 Å². The van der Waals surface area contributed by atoms with E-state index in [0.29, 0.717) is 0 Å². The first kappa shape index (κ1) is 21.9. The van der Waals surface area contributed by atoms with Crippen LogP contribution in [-0.2, 0) is 25.6 Å². The average molecular weight is 441 g/mol. The lowest BCUT2D eigenvalue weighted by atomic mass is 9.82. The molecule has 0 unspecified atom stereocenters. The zero-order valence-corrected chi connectivity index (χ0v) is 17.5. The molecule has 0 amide bonds. The molecule has 168 valence electrons. The third-order valence-electron chi connectivity index (χ3n) is 5.67. The van der Waals surface area contributed by atoms with E-state index in [4.69, 9.17) is 19.9 Å². The third kappa shape index (κ3) is 3.75. The highest BCUT2D eigenvalue weighted by molar-refractivity contribution is 6.30. The van der Waals surface area contributed by atoms with Crippen molar-refractivity contribution in [3.8, 4) is 11.5 Å². The lowest BCUT2D eigenvalue weighted by Crippen LogP contribution is -2.53. The van der Waals surface area contributed by atoms with Crippen molar-refractivity contribution in [3.05, 3.63) is 58.1 Å². The van der Waals surface area contributed by atoms with Gasteiger partial charge in [-0.2, -0.15) is 0 Å². The van der Waals surface area contributed by atoms with Gasteiger partial charge in [0.2, 0.25) is 0 Å². The average Bonchev–Trinajstić information content (AvgIpc) is 2.74. The van der Waals surface area contributed by atoms with Crippen molar-refractivity contribution in [1.82, 2.24) is 0 Å². The van der Waals surface area contributed by atoms with Gasteiger partial charge in [0.25, 0.3) is 0 Å². The van der Waals surface area contributed by atoms with Crippen molar-refractivity contribution >= 4 is 17.5 Å².